The average Bonchev–Trinajstić information content (AvgIpc) is 2.39. The number of thioether (sulfide) groups is 1. The van der Waals surface area contributed by atoms with E-state index in [4.69, 9.17) is 11.6 Å². The van der Waals surface area contributed by atoms with Crippen molar-refractivity contribution in [2.45, 2.75) is 17.1 Å². The van der Waals surface area contributed by atoms with Crippen molar-refractivity contribution in [3.63, 3.8) is 0 Å². The number of aryl methyl sites for hydroxylation is 1. The summed E-state index contributed by atoms with van der Waals surface area (Å²) in [5.74, 6) is 0. The molecule has 1 atom stereocenters. The minimum Gasteiger partial charge on any atom is -0.395 e. The largest absolute Gasteiger partial charge is 0.395 e. The molecule has 0 saturated carbocycles. The molecule has 2 rings (SSSR count). The Morgan fingerprint density at radius 3 is 2.22 bits per heavy atom. The number of hydrogen-bond donors (Lipinski definition) is 1. The second-order valence-corrected chi connectivity index (χ2v) is 5.87. The fourth-order valence-corrected chi connectivity index (χ4v) is 2.78. The molecule has 0 radical (unpaired) electrons. The molecular weight excluding hydrogens is 264 g/mol. The van der Waals surface area contributed by atoms with Crippen LogP contribution in [0.3, 0.4) is 0 Å². The van der Waals surface area contributed by atoms with Crippen molar-refractivity contribution in [2.75, 3.05) is 6.61 Å². The molecule has 2 aromatic carbocycles. The second kappa shape index (κ2) is 6.28. The maximum Gasteiger partial charge on any atom is 0.0594 e. The van der Waals surface area contributed by atoms with Crippen LogP contribution in [0.1, 0.15) is 16.4 Å². The molecule has 0 aromatic heterocycles. The van der Waals surface area contributed by atoms with Crippen LogP contribution in [0.4, 0.5) is 0 Å². The van der Waals surface area contributed by atoms with Crippen molar-refractivity contribution in [1.29, 1.82) is 0 Å². The lowest BCUT2D eigenvalue weighted by Gasteiger charge is -2.14. The van der Waals surface area contributed by atoms with Crippen LogP contribution in [0.15, 0.2) is 53.4 Å². The Kier molecular flexibility index (Phi) is 4.70. The highest BCUT2D eigenvalue weighted by Crippen LogP contribution is 2.35. The van der Waals surface area contributed by atoms with Gasteiger partial charge in [0.1, 0.15) is 0 Å². The summed E-state index contributed by atoms with van der Waals surface area (Å²) >= 11 is 7.51. The molecule has 0 bridgehead atoms. The molecule has 0 amide bonds. The van der Waals surface area contributed by atoms with Crippen molar-refractivity contribution in [2.24, 2.45) is 0 Å². The molecule has 18 heavy (non-hydrogen) atoms. The van der Waals surface area contributed by atoms with Gasteiger partial charge in [-0.25, -0.2) is 0 Å². The SMILES string of the molecule is Cc1ccc(C(CO)Sc2ccc(Cl)cc2)cc1. The van der Waals surface area contributed by atoms with Crippen LogP contribution in [0.25, 0.3) is 0 Å². The van der Waals surface area contributed by atoms with E-state index in [0.717, 1.165) is 15.5 Å². The smallest absolute Gasteiger partial charge is 0.0594 e. The fourth-order valence-electron chi connectivity index (χ4n) is 1.67. The Morgan fingerprint density at radius 2 is 1.67 bits per heavy atom. The van der Waals surface area contributed by atoms with Crippen LogP contribution in [0.2, 0.25) is 5.02 Å². The molecular formula is C15H15ClOS. The van der Waals surface area contributed by atoms with Crippen molar-refractivity contribution < 1.29 is 5.11 Å². The number of hydrogen-bond acceptors (Lipinski definition) is 2. The zero-order valence-corrected chi connectivity index (χ0v) is 11.7. The van der Waals surface area contributed by atoms with E-state index in [2.05, 4.69) is 31.2 Å². The van der Waals surface area contributed by atoms with Crippen LogP contribution in [-0.4, -0.2) is 11.7 Å². The second-order valence-electron chi connectivity index (χ2n) is 4.15. The monoisotopic (exact) mass is 278 g/mol. The van der Waals surface area contributed by atoms with Gasteiger partial charge < -0.3 is 5.11 Å². The summed E-state index contributed by atoms with van der Waals surface area (Å²) in [7, 11) is 0. The Hall–Kier alpha value is -0.960. The molecule has 0 aliphatic carbocycles. The Labute approximate surface area is 117 Å². The zero-order chi connectivity index (χ0) is 13.0. The van der Waals surface area contributed by atoms with E-state index in [1.807, 2.05) is 24.3 Å². The number of rotatable bonds is 4. The summed E-state index contributed by atoms with van der Waals surface area (Å²) < 4.78 is 0. The van der Waals surface area contributed by atoms with Gasteiger partial charge in [-0.2, -0.15) is 0 Å². The molecule has 0 fully saturated rings. The van der Waals surface area contributed by atoms with E-state index in [0.29, 0.717) is 0 Å². The molecule has 0 aliphatic rings. The third-order valence-corrected chi connectivity index (χ3v) is 4.21. The Bertz CT molecular complexity index is 493. The van der Waals surface area contributed by atoms with E-state index in [1.54, 1.807) is 11.8 Å². The van der Waals surface area contributed by atoms with Crippen LogP contribution < -0.4 is 0 Å². The van der Waals surface area contributed by atoms with Gasteiger partial charge in [-0.05, 0) is 36.8 Å². The van der Waals surface area contributed by atoms with Crippen molar-refractivity contribution in [3.05, 3.63) is 64.7 Å². The number of aliphatic hydroxyl groups excluding tert-OH is 1. The quantitative estimate of drug-likeness (QED) is 0.833. The summed E-state index contributed by atoms with van der Waals surface area (Å²) in [6.45, 7) is 2.18. The van der Waals surface area contributed by atoms with Gasteiger partial charge in [0.05, 0.1) is 11.9 Å². The summed E-state index contributed by atoms with van der Waals surface area (Å²) in [6.07, 6.45) is 0. The first-order valence-corrected chi connectivity index (χ1v) is 7.04. The number of benzene rings is 2. The van der Waals surface area contributed by atoms with Gasteiger partial charge in [-0.3, -0.25) is 0 Å². The average molecular weight is 279 g/mol. The predicted octanol–water partition coefficient (Wildman–Crippen LogP) is 4.47. The van der Waals surface area contributed by atoms with Gasteiger partial charge in [-0.15, -0.1) is 11.8 Å². The third-order valence-electron chi connectivity index (χ3n) is 2.71. The molecule has 3 heteroatoms. The first-order valence-electron chi connectivity index (χ1n) is 5.78. The van der Waals surface area contributed by atoms with E-state index < -0.39 is 0 Å². The highest BCUT2D eigenvalue weighted by atomic mass is 35.5. The molecule has 0 saturated heterocycles. The number of halogens is 1. The standard InChI is InChI=1S/C15H15ClOS/c1-11-2-4-12(5-3-11)15(10-17)18-14-8-6-13(16)7-9-14/h2-9,15,17H,10H2,1H3. The third kappa shape index (κ3) is 3.52. The van der Waals surface area contributed by atoms with Crippen molar-refractivity contribution in [3.8, 4) is 0 Å². The van der Waals surface area contributed by atoms with Crippen molar-refractivity contribution >= 4 is 23.4 Å². The molecule has 0 aliphatic heterocycles. The first kappa shape index (κ1) is 13.5. The zero-order valence-electron chi connectivity index (χ0n) is 10.1. The molecule has 0 heterocycles. The topological polar surface area (TPSA) is 20.2 Å². The van der Waals surface area contributed by atoms with E-state index in [-0.39, 0.29) is 11.9 Å². The van der Waals surface area contributed by atoms with Gasteiger partial charge in [0.15, 0.2) is 0 Å². The molecule has 1 nitrogen and oxygen atoms in total. The van der Waals surface area contributed by atoms with Gasteiger partial charge in [-0.1, -0.05) is 41.4 Å². The summed E-state index contributed by atoms with van der Waals surface area (Å²) in [5, 5.41) is 10.3. The van der Waals surface area contributed by atoms with Crippen molar-refractivity contribution in [1.82, 2.24) is 0 Å². The van der Waals surface area contributed by atoms with Gasteiger partial charge in [0.25, 0.3) is 0 Å². The predicted molar refractivity (Wildman–Crippen MR) is 78.3 cm³/mol. The maximum absolute atomic E-state index is 9.52. The lowest BCUT2D eigenvalue weighted by atomic mass is 10.1. The summed E-state index contributed by atoms with van der Waals surface area (Å²) in [6, 6.07) is 16.0. The van der Waals surface area contributed by atoms with Crippen LogP contribution in [0.5, 0.6) is 0 Å². The first-order chi connectivity index (χ1) is 8.69. The van der Waals surface area contributed by atoms with Crippen LogP contribution in [-0.2, 0) is 0 Å². The summed E-state index contributed by atoms with van der Waals surface area (Å²) in [4.78, 5) is 1.11. The minimum absolute atomic E-state index is 0.0618. The lowest BCUT2D eigenvalue weighted by molar-refractivity contribution is 0.296. The minimum atomic E-state index is 0.0618. The van der Waals surface area contributed by atoms with E-state index >= 15 is 0 Å². The van der Waals surface area contributed by atoms with Gasteiger partial charge in [0.2, 0.25) is 0 Å². The Morgan fingerprint density at radius 1 is 1.06 bits per heavy atom. The van der Waals surface area contributed by atoms with Crippen LogP contribution in [0, 0.1) is 6.92 Å². The Balaban J connectivity index is 2.14. The normalized spacial score (nSPS) is 12.4. The molecule has 1 N–H and O–H groups in total. The molecule has 1 unspecified atom stereocenters. The maximum atomic E-state index is 9.52. The van der Waals surface area contributed by atoms with Gasteiger partial charge in [0, 0.05) is 9.92 Å². The summed E-state index contributed by atoms with van der Waals surface area (Å²) in [5.41, 5.74) is 2.37. The van der Waals surface area contributed by atoms with E-state index in [1.165, 1.54) is 5.56 Å². The fraction of sp³-hybridized carbons (Fsp3) is 0.200. The highest BCUT2D eigenvalue weighted by molar-refractivity contribution is 7.99. The number of aliphatic hydroxyl groups is 1. The highest BCUT2D eigenvalue weighted by Gasteiger charge is 2.11. The van der Waals surface area contributed by atoms with E-state index in [9.17, 15) is 5.11 Å². The molecule has 2 aromatic rings. The lowest BCUT2D eigenvalue weighted by Crippen LogP contribution is -1.99. The molecule has 94 valence electrons. The van der Waals surface area contributed by atoms with Crippen LogP contribution >= 0.6 is 23.4 Å². The molecule has 0 spiro atoms. The van der Waals surface area contributed by atoms with Gasteiger partial charge >= 0.3 is 0 Å².